The molecule has 115 heavy (non-hydrogen) atoms. The number of anilines is 2. The fraction of sp³-hybridized carbons (Fsp3) is 0.405. The van der Waals surface area contributed by atoms with Gasteiger partial charge < -0.3 is 67.7 Å². The lowest BCUT2D eigenvalue weighted by atomic mass is 9.77. The number of aliphatic carboxylic acids is 3. The summed E-state index contributed by atoms with van der Waals surface area (Å²) < 4.78 is 109. The maximum Gasteiger partial charge on any atom is 0.363 e. The molecule has 6 atom stereocenters. The quantitative estimate of drug-likeness (QED) is 0.0121. The van der Waals surface area contributed by atoms with Crippen molar-refractivity contribution >= 4 is 118 Å². The van der Waals surface area contributed by atoms with Crippen LogP contribution in [0.3, 0.4) is 0 Å². The minimum Gasteiger partial charge on any atom is -0.481 e. The summed E-state index contributed by atoms with van der Waals surface area (Å²) in [6.45, 7) is 9.59. The normalized spacial score (nSPS) is 15.3. The van der Waals surface area contributed by atoms with E-state index in [4.69, 9.17) is 9.52 Å². The largest absolute Gasteiger partial charge is 0.481 e. The van der Waals surface area contributed by atoms with E-state index in [1.54, 1.807) is 121 Å². The minimum absolute atomic E-state index is 0.0246. The second-order valence-corrected chi connectivity index (χ2v) is 33.4. The highest BCUT2D eigenvalue weighted by atomic mass is 32.2. The molecule has 0 saturated carbocycles. The molecule has 0 saturated heterocycles. The Labute approximate surface area is 666 Å². The first-order valence-corrected chi connectivity index (χ1v) is 41.8. The Kier molecular flexibility index (Phi) is 33.0. The molecule has 2 heterocycles. The van der Waals surface area contributed by atoms with E-state index < -0.39 is 179 Å². The van der Waals surface area contributed by atoms with Gasteiger partial charge in [-0.25, -0.2) is 18.8 Å². The van der Waals surface area contributed by atoms with Gasteiger partial charge >= 0.3 is 35.3 Å². The monoisotopic (exact) mass is 1650 g/mol. The Bertz CT molecular complexity index is 4900. The molecule has 2 unspecified atom stereocenters. The molecule has 0 spiro atoms. The van der Waals surface area contributed by atoms with Crippen molar-refractivity contribution in [3.05, 3.63) is 185 Å². The number of carboxylic acids is 3. The van der Waals surface area contributed by atoms with Crippen LogP contribution in [0.2, 0.25) is 0 Å². The molecule has 1 aromatic heterocycles. The Hall–Kier alpha value is -11.2. The van der Waals surface area contributed by atoms with Crippen molar-refractivity contribution in [2.75, 3.05) is 60.6 Å². The van der Waals surface area contributed by atoms with Gasteiger partial charge in [-0.05, 0) is 122 Å². The fourth-order valence-electron chi connectivity index (χ4n) is 13.2. The number of hydrogen-bond donors (Lipinski definition) is 14. The number of hydrogen-bond acceptors (Lipinski definition) is 18. The van der Waals surface area contributed by atoms with Gasteiger partial charge in [-0.15, -0.1) is 0 Å². The van der Waals surface area contributed by atoms with Gasteiger partial charge in [0.15, 0.2) is 0 Å². The number of carbonyl (C=O) groups is 10. The van der Waals surface area contributed by atoms with E-state index in [2.05, 4.69) is 37.2 Å². The maximum atomic E-state index is 14.7. The molecule has 8 amide bonds. The molecule has 620 valence electrons. The van der Waals surface area contributed by atoms with Crippen LogP contribution in [0.4, 0.5) is 16.2 Å². The maximum absolute atomic E-state index is 14.7. The standard InChI is InChI=1S/C79H98N10O23S3/c1-6-88(40-18-42-113(103,104)105)54-29-31-57-58(78(2,3)4)48-55(112-66(57)47-54)26-16-27-67-79(5,59-49-56(115(109,110)111)30-34-65(59)89(67)41-19-43-114(106,107)108)37-17-28-68(90)84-64(46-53-24-14-9-15-25-53)74(97)85-63(45-52-22-12-8-13-23-52)73(96)82-50-70(92)80-38-39-81-72(95)62(44-51-20-10-7-11-21-51)83-69(91)35-32-60(75(98)99)86-77(102)87-61(76(100)101)33-36-71(93)94/h7-16,20-27,29-31,34,47-49,60-64H,6,17-19,28,32-33,35-46,50H2,1-5H3,(H13-,80,81,82,83,84,85,86,87,90,91,92,93,94,95,96,97,98,99,100,101,102,103,104,105,106,107,108,109,110,111)/p+1/b26-16+,67-27-/t60-,61-,62-,63?,64-,79?/m0/s1. The average molecular weight is 1650 g/mol. The van der Waals surface area contributed by atoms with Crippen molar-refractivity contribution in [1.82, 2.24) is 42.5 Å². The Morgan fingerprint density at radius 3 is 1.62 bits per heavy atom. The molecule has 7 rings (SSSR count). The van der Waals surface area contributed by atoms with Crippen molar-refractivity contribution in [3.8, 4) is 0 Å². The number of carboxylic acid groups (broad SMARTS) is 3. The van der Waals surface area contributed by atoms with E-state index in [1.807, 2.05) is 62.2 Å². The first-order chi connectivity index (χ1) is 54.2. The summed E-state index contributed by atoms with van der Waals surface area (Å²) in [6, 6.07) is 28.7. The first kappa shape index (κ1) is 91.0. The molecule has 33 nitrogen and oxygen atoms in total. The predicted octanol–water partition coefficient (Wildman–Crippen LogP) is 5.87. The van der Waals surface area contributed by atoms with Crippen LogP contribution in [0.25, 0.3) is 17.0 Å². The summed E-state index contributed by atoms with van der Waals surface area (Å²) in [6.07, 6.45) is 2.72. The SMILES string of the molecule is CCN(CCCS(=O)(=O)O)c1ccc2c(C(C)(C)C)cc(/C=C/C=C3\N(CCCS(=O)(=O)O)c4ccc(S(=O)(=O)O)cc4C3(C)CCCC(=O)N[C@@H](Cc3ccccc3)C(=O)NC(Cc3ccccc3)C(=O)NCC(=O)NCCNC(=O)[C@H](Cc3ccccc3)NC(=O)CC[C@H](NC(=O)N[C@@H](CCC(=O)O)C(=O)O)C(=O)O)[o+]c2c1. The van der Waals surface area contributed by atoms with E-state index >= 15 is 0 Å². The number of allylic oxidation sites excluding steroid dienone is 3. The summed E-state index contributed by atoms with van der Waals surface area (Å²) in [4.78, 5) is 134. The van der Waals surface area contributed by atoms with Gasteiger partial charge in [-0.3, -0.25) is 47.2 Å². The molecule has 6 aromatic rings. The summed E-state index contributed by atoms with van der Waals surface area (Å²) in [7, 11) is -13.5. The molecule has 0 fully saturated rings. The molecular formula is C79H99N10O23S3+. The summed E-state index contributed by atoms with van der Waals surface area (Å²) in [5.41, 5.74) is 3.66. The Morgan fingerprint density at radius 2 is 1.09 bits per heavy atom. The summed E-state index contributed by atoms with van der Waals surface area (Å²) in [5.74, 6) is -9.58. The molecule has 5 aromatic carbocycles. The van der Waals surface area contributed by atoms with Crippen molar-refractivity contribution in [3.63, 3.8) is 0 Å². The third-order valence-corrected chi connectivity index (χ3v) is 21.5. The highest BCUT2D eigenvalue weighted by molar-refractivity contribution is 7.86. The topological polar surface area (TPSA) is 509 Å². The lowest BCUT2D eigenvalue weighted by molar-refractivity contribution is -0.141. The number of amides is 8. The number of nitrogens with one attached hydrogen (secondary N) is 8. The van der Waals surface area contributed by atoms with Gasteiger partial charge in [0.2, 0.25) is 35.4 Å². The molecular weight excluding hydrogens is 1550 g/mol. The summed E-state index contributed by atoms with van der Waals surface area (Å²) >= 11 is 0. The van der Waals surface area contributed by atoms with Gasteiger partial charge in [0.25, 0.3) is 30.4 Å². The highest BCUT2D eigenvalue weighted by Gasteiger charge is 2.44. The zero-order valence-corrected chi connectivity index (χ0v) is 66.7. The average Bonchev–Trinajstić information content (AvgIpc) is 1.58. The number of urea groups is 1. The number of fused-ring (bicyclic) bond motifs is 2. The van der Waals surface area contributed by atoms with E-state index in [-0.39, 0.29) is 71.0 Å². The molecule has 14 N–H and O–H groups in total. The third kappa shape index (κ3) is 29.0. The Balaban J connectivity index is 1.05. The van der Waals surface area contributed by atoms with Gasteiger partial charge in [-0.2, -0.15) is 25.3 Å². The van der Waals surface area contributed by atoms with Crippen LogP contribution in [-0.4, -0.2) is 195 Å². The van der Waals surface area contributed by atoms with E-state index in [0.717, 1.165) is 16.6 Å². The van der Waals surface area contributed by atoms with Gasteiger partial charge in [0, 0.05) is 106 Å². The zero-order chi connectivity index (χ0) is 84.4. The fourth-order valence-corrected chi connectivity index (χ4v) is 14.7. The Morgan fingerprint density at radius 1 is 0.565 bits per heavy atom. The van der Waals surface area contributed by atoms with Crippen LogP contribution in [0, 0.1) is 0 Å². The van der Waals surface area contributed by atoms with E-state index in [1.165, 1.54) is 18.2 Å². The van der Waals surface area contributed by atoms with Crippen LogP contribution >= 0.6 is 0 Å². The highest BCUT2D eigenvalue weighted by Crippen LogP contribution is 2.51. The molecule has 1 aliphatic heterocycles. The zero-order valence-electron chi connectivity index (χ0n) is 64.2. The van der Waals surface area contributed by atoms with E-state index in [0.29, 0.717) is 58.1 Å². The first-order valence-electron chi connectivity index (χ1n) is 37.1. The molecule has 36 heteroatoms. The van der Waals surface area contributed by atoms with Crippen molar-refractivity contribution < 1.29 is 107 Å². The number of benzene rings is 5. The predicted molar refractivity (Wildman–Crippen MR) is 427 cm³/mol. The molecule has 0 radical (unpaired) electrons. The van der Waals surface area contributed by atoms with E-state index in [9.17, 15) is 97.1 Å². The molecule has 0 bridgehead atoms. The molecule has 0 aliphatic carbocycles. The summed E-state index contributed by atoms with van der Waals surface area (Å²) in [5, 5.41) is 48.9. The number of nitrogens with zero attached hydrogens (tertiary/aromatic N) is 2. The lowest BCUT2D eigenvalue weighted by Gasteiger charge is -2.30. The van der Waals surface area contributed by atoms with Crippen LogP contribution in [0.1, 0.15) is 126 Å². The van der Waals surface area contributed by atoms with Crippen LogP contribution in [0.15, 0.2) is 161 Å². The number of carbonyl (C=O) groups excluding carboxylic acids is 7. The van der Waals surface area contributed by atoms with Gasteiger partial charge in [0.1, 0.15) is 30.2 Å². The van der Waals surface area contributed by atoms with Crippen LogP contribution in [-0.2, 0) is 104 Å². The lowest BCUT2D eigenvalue weighted by Crippen LogP contribution is -2.56. The van der Waals surface area contributed by atoms with Crippen molar-refractivity contribution in [2.24, 2.45) is 0 Å². The molecule has 1 aliphatic rings. The second kappa shape index (κ2) is 41.7. The second-order valence-electron chi connectivity index (χ2n) is 28.9. The van der Waals surface area contributed by atoms with Gasteiger partial charge in [-0.1, -0.05) is 118 Å². The van der Waals surface area contributed by atoms with Crippen LogP contribution < -0.4 is 52.3 Å². The van der Waals surface area contributed by atoms with Crippen molar-refractivity contribution in [1.29, 1.82) is 0 Å². The van der Waals surface area contributed by atoms with Crippen LogP contribution in [0.5, 0.6) is 0 Å². The third-order valence-electron chi connectivity index (χ3n) is 19.0. The van der Waals surface area contributed by atoms with Gasteiger partial charge in [0.05, 0.1) is 34.4 Å². The van der Waals surface area contributed by atoms with Crippen molar-refractivity contribution in [2.45, 2.75) is 158 Å². The smallest absolute Gasteiger partial charge is 0.363 e. The minimum atomic E-state index is -4.82. The number of rotatable bonds is 44.